The second-order valence-electron chi connectivity index (χ2n) is 7.55. The Morgan fingerprint density at radius 1 is 1.00 bits per heavy atom. The number of aryl methyl sites for hydroxylation is 1. The smallest absolute Gasteiger partial charge is 0.274 e. The maximum absolute atomic E-state index is 12.0. The molecule has 0 spiro atoms. The van der Waals surface area contributed by atoms with Crippen molar-refractivity contribution in [1.82, 2.24) is 5.32 Å². The number of unbranched alkanes of at least 4 members (excludes halogenated alkanes) is 10. The van der Waals surface area contributed by atoms with Crippen molar-refractivity contribution in [2.75, 3.05) is 5.32 Å². The van der Waals surface area contributed by atoms with E-state index in [9.17, 15) is 14.9 Å². The zero-order chi connectivity index (χ0) is 21.5. The number of rotatable bonds is 14. The Labute approximate surface area is 180 Å². The summed E-state index contributed by atoms with van der Waals surface area (Å²) in [5.74, 6) is -0.125. The van der Waals surface area contributed by atoms with Crippen LogP contribution in [-0.4, -0.2) is 15.9 Å². The standard InChI is InChI=1S/C22H35N3O3S/c1-3-4-5-6-7-8-9-10-11-12-13-14-21(26)24-22(29)23-19-16-15-18(2)20(17-19)25(27)28/h15-17H,3-14H2,1-2H3,(H2,23,24,26,29). The lowest BCUT2D eigenvalue weighted by atomic mass is 10.1. The monoisotopic (exact) mass is 421 g/mol. The number of benzene rings is 1. The van der Waals surface area contributed by atoms with Gasteiger partial charge >= 0.3 is 0 Å². The van der Waals surface area contributed by atoms with Crippen LogP contribution in [0.25, 0.3) is 0 Å². The van der Waals surface area contributed by atoms with Crippen LogP contribution in [-0.2, 0) is 4.79 Å². The van der Waals surface area contributed by atoms with Crippen LogP contribution in [0.3, 0.4) is 0 Å². The summed E-state index contributed by atoms with van der Waals surface area (Å²) in [5.41, 5.74) is 1.08. The second kappa shape index (κ2) is 14.9. The first-order valence-electron chi connectivity index (χ1n) is 10.8. The van der Waals surface area contributed by atoms with Crippen molar-refractivity contribution in [3.63, 3.8) is 0 Å². The summed E-state index contributed by atoms with van der Waals surface area (Å²) in [6.45, 7) is 3.91. The molecule has 0 saturated heterocycles. The van der Waals surface area contributed by atoms with E-state index >= 15 is 0 Å². The largest absolute Gasteiger partial charge is 0.332 e. The van der Waals surface area contributed by atoms with Crippen LogP contribution < -0.4 is 10.6 Å². The fourth-order valence-corrected chi connectivity index (χ4v) is 3.42. The quantitative estimate of drug-likeness (QED) is 0.157. The molecule has 162 valence electrons. The van der Waals surface area contributed by atoms with Gasteiger partial charge in [-0.1, -0.05) is 77.2 Å². The molecule has 0 aliphatic heterocycles. The summed E-state index contributed by atoms with van der Waals surface area (Å²) in [6.07, 6.45) is 14.1. The van der Waals surface area contributed by atoms with Crippen molar-refractivity contribution in [3.8, 4) is 0 Å². The van der Waals surface area contributed by atoms with E-state index in [4.69, 9.17) is 12.2 Å². The molecule has 0 radical (unpaired) electrons. The zero-order valence-corrected chi connectivity index (χ0v) is 18.6. The topological polar surface area (TPSA) is 84.3 Å². The Morgan fingerprint density at radius 3 is 2.10 bits per heavy atom. The molecule has 6 nitrogen and oxygen atoms in total. The Hall–Kier alpha value is -2.02. The number of amides is 1. The molecule has 29 heavy (non-hydrogen) atoms. The van der Waals surface area contributed by atoms with Gasteiger partial charge in [0, 0.05) is 23.7 Å². The Kier molecular flexibility index (Phi) is 12.9. The maximum atomic E-state index is 12.0. The summed E-state index contributed by atoms with van der Waals surface area (Å²) in [7, 11) is 0. The first kappa shape index (κ1) is 25.0. The number of hydrogen-bond acceptors (Lipinski definition) is 4. The first-order chi connectivity index (χ1) is 13.9. The molecule has 1 amide bonds. The number of thiocarbonyl (C=S) groups is 1. The molecule has 1 aromatic carbocycles. The van der Waals surface area contributed by atoms with E-state index in [0.717, 1.165) is 19.3 Å². The van der Waals surface area contributed by atoms with Gasteiger partial charge in [-0.2, -0.15) is 0 Å². The molecule has 0 fully saturated rings. The minimum absolute atomic E-state index is 0.0186. The van der Waals surface area contributed by atoms with Gasteiger partial charge in [-0.25, -0.2) is 0 Å². The van der Waals surface area contributed by atoms with Gasteiger partial charge in [0.1, 0.15) is 0 Å². The molecule has 1 rings (SSSR count). The van der Waals surface area contributed by atoms with Crippen molar-refractivity contribution in [2.24, 2.45) is 0 Å². The number of nitro benzene ring substituents is 1. The highest BCUT2D eigenvalue weighted by Gasteiger charge is 2.12. The molecule has 1 aromatic rings. The third-order valence-corrected chi connectivity index (χ3v) is 5.13. The predicted molar refractivity (Wildman–Crippen MR) is 123 cm³/mol. The number of carbonyl (C=O) groups is 1. The van der Waals surface area contributed by atoms with Crippen molar-refractivity contribution >= 4 is 34.6 Å². The van der Waals surface area contributed by atoms with Crippen molar-refractivity contribution in [1.29, 1.82) is 0 Å². The summed E-state index contributed by atoms with van der Waals surface area (Å²) >= 11 is 5.13. The molecule has 0 aliphatic rings. The van der Waals surface area contributed by atoms with Crippen molar-refractivity contribution < 1.29 is 9.72 Å². The van der Waals surface area contributed by atoms with E-state index in [1.807, 2.05) is 0 Å². The average molecular weight is 422 g/mol. The minimum atomic E-state index is -0.436. The van der Waals surface area contributed by atoms with Crippen LogP contribution >= 0.6 is 12.2 Å². The molecule has 0 atom stereocenters. The average Bonchev–Trinajstić information content (AvgIpc) is 2.67. The fraction of sp³-hybridized carbons (Fsp3) is 0.636. The molecule has 0 unspecified atom stereocenters. The van der Waals surface area contributed by atoms with Crippen LogP contribution in [0.1, 0.15) is 89.5 Å². The molecule has 0 heterocycles. The number of hydrogen-bond donors (Lipinski definition) is 2. The number of nitrogens with zero attached hydrogens (tertiary/aromatic N) is 1. The van der Waals surface area contributed by atoms with E-state index in [1.54, 1.807) is 19.1 Å². The van der Waals surface area contributed by atoms with Gasteiger partial charge in [-0.3, -0.25) is 14.9 Å². The van der Waals surface area contributed by atoms with E-state index in [-0.39, 0.29) is 16.7 Å². The van der Waals surface area contributed by atoms with E-state index in [0.29, 0.717) is 17.7 Å². The molecular weight excluding hydrogens is 386 g/mol. The predicted octanol–water partition coefficient (Wildman–Crippen LogP) is 6.42. The zero-order valence-electron chi connectivity index (χ0n) is 17.8. The van der Waals surface area contributed by atoms with Crippen molar-refractivity contribution in [3.05, 3.63) is 33.9 Å². The molecule has 0 saturated carbocycles. The maximum Gasteiger partial charge on any atom is 0.274 e. The summed E-state index contributed by atoms with van der Waals surface area (Å²) < 4.78 is 0. The van der Waals surface area contributed by atoms with Crippen LogP contribution in [0.5, 0.6) is 0 Å². The highest BCUT2D eigenvalue weighted by atomic mass is 32.1. The molecule has 0 aliphatic carbocycles. The molecule has 7 heteroatoms. The Balaban J connectivity index is 2.12. The van der Waals surface area contributed by atoms with Crippen LogP contribution in [0, 0.1) is 17.0 Å². The summed E-state index contributed by atoms with van der Waals surface area (Å²) in [5, 5.41) is 16.6. The van der Waals surface area contributed by atoms with E-state index < -0.39 is 4.92 Å². The SMILES string of the molecule is CCCCCCCCCCCCCC(=O)NC(=S)Nc1ccc(C)c([N+](=O)[O-])c1. The lowest BCUT2D eigenvalue weighted by Crippen LogP contribution is -2.33. The Morgan fingerprint density at radius 2 is 1.55 bits per heavy atom. The third-order valence-electron chi connectivity index (χ3n) is 4.92. The number of nitrogens with one attached hydrogen (secondary N) is 2. The first-order valence-corrected chi connectivity index (χ1v) is 11.2. The van der Waals surface area contributed by atoms with Gasteiger partial charge < -0.3 is 10.6 Å². The lowest BCUT2D eigenvalue weighted by Gasteiger charge is -2.10. The molecule has 0 aromatic heterocycles. The van der Waals surface area contributed by atoms with Crippen LogP contribution in [0.4, 0.5) is 11.4 Å². The summed E-state index contributed by atoms with van der Waals surface area (Å²) in [4.78, 5) is 22.5. The van der Waals surface area contributed by atoms with Gasteiger partial charge in [0.15, 0.2) is 5.11 Å². The highest BCUT2D eigenvalue weighted by molar-refractivity contribution is 7.80. The Bertz CT molecular complexity index is 665. The van der Waals surface area contributed by atoms with Gasteiger partial charge in [-0.15, -0.1) is 0 Å². The minimum Gasteiger partial charge on any atom is -0.332 e. The molecule has 2 N–H and O–H groups in total. The number of carbonyl (C=O) groups excluding carboxylic acids is 1. The van der Waals surface area contributed by atoms with Crippen LogP contribution in [0.2, 0.25) is 0 Å². The van der Waals surface area contributed by atoms with Gasteiger partial charge in [0.25, 0.3) is 5.69 Å². The second-order valence-corrected chi connectivity index (χ2v) is 7.95. The fourth-order valence-electron chi connectivity index (χ4n) is 3.19. The normalized spacial score (nSPS) is 10.6. The van der Waals surface area contributed by atoms with Gasteiger partial charge in [0.05, 0.1) is 4.92 Å². The van der Waals surface area contributed by atoms with Crippen LogP contribution in [0.15, 0.2) is 18.2 Å². The summed E-state index contributed by atoms with van der Waals surface area (Å²) in [6, 6.07) is 4.76. The third kappa shape index (κ3) is 11.5. The number of nitro groups is 1. The number of anilines is 1. The lowest BCUT2D eigenvalue weighted by molar-refractivity contribution is -0.385. The highest BCUT2D eigenvalue weighted by Crippen LogP contribution is 2.22. The molecular formula is C22H35N3O3S. The van der Waals surface area contributed by atoms with E-state index in [1.165, 1.54) is 57.4 Å². The molecule has 0 bridgehead atoms. The van der Waals surface area contributed by atoms with Crippen molar-refractivity contribution in [2.45, 2.75) is 90.9 Å². The van der Waals surface area contributed by atoms with Gasteiger partial charge in [0.2, 0.25) is 5.91 Å². The van der Waals surface area contributed by atoms with Gasteiger partial charge in [-0.05, 0) is 31.6 Å². The van der Waals surface area contributed by atoms with E-state index in [2.05, 4.69) is 17.6 Å².